The molecule has 96 valence electrons. The Morgan fingerprint density at radius 1 is 1.67 bits per heavy atom. The van der Waals surface area contributed by atoms with E-state index in [0.29, 0.717) is 6.54 Å². The van der Waals surface area contributed by atoms with Crippen LogP contribution in [0.2, 0.25) is 0 Å². The number of hydrogen-bond donors (Lipinski definition) is 2. The Labute approximate surface area is 109 Å². The Kier molecular flexibility index (Phi) is 5.21. The number of urea groups is 1. The van der Waals surface area contributed by atoms with E-state index in [0.717, 1.165) is 4.88 Å². The van der Waals surface area contributed by atoms with E-state index < -0.39 is 18.0 Å². The summed E-state index contributed by atoms with van der Waals surface area (Å²) in [5.74, 6) is 1.09. The Morgan fingerprint density at radius 3 is 2.89 bits per heavy atom. The van der Waals surface area contributed by atoms with Crippen molar-refractivity contribution in [3.63, 3.8) is 0 Å². The number of aliphatic carboxylic acids is 1. The maximum Gasteiger partial charge on any atom is 0.327 e. The van der Waals surface area contributed by atoms with Gasteiger partial charge in [-0.1, -0.05) is 6.07 Å². The molecule has 2 amide bonds. The van der Waals surface area contributed by atoms with E-state index in [1.54, 1.807) is 7.05 Å². The molecule has 1 heterocycles. The number of amides is 2. The fraction of sp³-hybridized carbons (Fsp3) is 0.333. The number of carboxylic acids is 1. The lowest BCUT2D eigenvalue weighted by Gasteiger charge is -2.19. The molecule has 0 aromatic carbocycles. The predicted octanol–water partition coefficient (Wildman–Crippen LogP) is 1.37. The lowest BCUT2D eigenvalue weighted by Crippen LogP contribution is -2.46. The van der Waals surface area contributed by atoms with E-state index >= 15 is 0 Å². The minimum atomic E-state index is -1.13. The van der Waals surface area contributed by atoms with Gasteiger partial charge in [-0.15, -0.1) is 23.7 Å². The highest BCUT2D eigenvalue weighted by Gasteiger charge is 2.20. The van der Waals surface area contributed by atoms with E-state index in [1.807, 2.05) is 17.5 Å². The van der Waals surface area contributed by atoms with Crippen LogP contribution in [-0.2, 0) is 11.3 Å². The van der Waals surface area contributed by atoms with Crippen LogP contribution in [0.4, 0.5) is 4.79 Å². The van der Waals surface area contributed by atoms with Crippen LogP contribution in [0.1, 0.15) is 11.3 Å². The topological polar surface area (TPSA) is 69.6 Å². The van der Waals surface area contributed by atoms with Gasteiger partial charge in [-0.2, -0.15) is 0 Å². The van der Waals surface area contributed by atoms with Crippen LogP contribution < -0.4 is 5.32 Å². The summed E-state index contributed by atoms with van der Waals surface area (Å²) < 4.78 is 0. The van der Waals surface area contributed by atoms with Gasteiger partial charge in [-0.3, -0.25) is 0 Å². The summed E-state index contributed by atoms with van der Waals surface area (Å²) in [5, 5.41) is 13.2. The molecule has 0 fully saturated rings. The number of hydrogen-bond acceptors (Lipinski definition) is 3. The molecule has 0 aliphatic rings. The molecule has 1 aromatic rings. The van der Waals surface area contributed by atoms with Crippen molar-refractivity contribution in [3.8, 4) is 12.3 Å². The first-order chi connectivity index (χ1) is 8.54. The van der Waals surface area contributed by atoms with Gasteiger partial charge in [0, 0.05) is 18.3 Å². The van der Waals surface area contributed by atoms with Gasteiger partial charge in [-0.25, -0.2) is 9.59 Å². The third-order valence-electron chi connectivity index (χ3n) is 2.24. The Balaban J connectivity index is 2.53. The van der Waals surface area contributed by atoms with Crippen LogP contribution >= 0.6 is 11.3 Å². The molecule has 0 bridgehead atoms. The predicted molar refractivity (Wildman–Crippen MR) is 69.2 cm³/mol. The number of carbonyl (C=O) groups is 2. The third-order valence-corrected chi connectivity index (χ3v) is 3.10. The zero-order valence-electron chi connectivity index (χ0n) is 9.92. The maximum atomic E-state index is 11.7. The molecule has 1 rings (SSSR count). The van der Waals surface area contributed by atoms with Crippen LogP contribution in [0.15, 0.2) is 17.5 Å². The van der Waals surface area contributed by atoms with Crippen LogP contribution in [-0.4, -0.2) is 35.1 Å². The van der Waals surface area contributed by atoms with Gasteiger partial charge in [0.25, 0.3) is 0 Å². The molecular formula is C12H14N2O3S. The van der Waals surface area contributed by atoms with E-state index in [1.165, 1.54) is 16.2 Å². The van der Waals surface area contributed by atoms with Crippen molar-refractivity contribution in [2.24, 2.45) is 0 Å². The average Bonchev–Trinajstić information content (AvgIpc) is 2.80. The Morgan fingerprint density at radius 2 is 2.39 bits per heavy atom. The van der Waals surface area contributed by atoms with Crippen LogP contribution in [0.5, 0.6) is 0 Å². The molecule has 5 nitrogen and oxygen atoms in total. The summed E-state index contributed by atoms with van der Waals surface area (Å²) in [4.78, 5) is 25.0. The first kappa shape index (κ1) is 14.1. The zero-order valence-corrected chi connectivity index (χ0v) is 10.7. The molecule has 1 unspecified atom stereocenters. The molecule has 0 saturated heterocycles. The minimum absolute atomic E-state index is 0.0338. The molecule has 0 saturated carbocycles. The highest BCUT2D eigenvalue weighted by molar-refractivity contribution is 7.09. The second-order valence-electron chi connectivity index (χ2n) is 3.68. The second-order valence-corrected chi connectivity index (χ2v) is 4.72. The standard InChI is InChI=1S/C12H14N2O3S/c1-3-5-10(11(15)16)13-12(17)14(2)8-9-6-4-7-18-9/h1,4,6-7,10H,5,8H2,2H3,(H,13,17)(H,15,16). The molecule has 6 heteroatoms. The number of thiophene rings is 1. The fourth-order valence-electron chi connectivity index (χ4n) is 1.29. The fourth-order valence-corrected chi connectivity index (χ4v) is 2.04. The van der Waals surface area contributed by atoms with Crippen LogP contribution in [0.25, 0.3) is 0 Å². The number of nitrogens with zero attached hydrogens (tertiary/aromatic N) is 1. The van der Waals surface area contributed by atoms with Crippen molar-refractivity contribution < 1.29 is 14.7 Å². The minimum Gasteiger partial charge on any atom is -0.480 e. The van der Waals surface area contributed by atoms with Gasteiger partial charge in [-0.05, 0) is 11.4 Å². The molecule has 18 heavy (non-hydrogen) atoms. The number of nitrogens with one attached hydrogen (secondary N) is 1. The summed E-state index contributed by atoms with van der Waals surface area (Å²) in [6, 6.07) is 2.30. The van der Waals surface area contributed by atoms with Gasteiger partial charge in [0.2, 0.25) is 0 Å². The van der Waals surface area contributed by atoms with Crippen molar-refractivity contribution in [2.45, 2.75) is 19.0 Å². The lowest BCUT2D eigenvalue weighted by molar-refractivity contribution is -0.139. The quantitative estimate of drug-likeness (QED) is 0.791. The molecule has 0 aliphatic carbocycles. The Bertz CT molecular complexity index is 450. The van der Waals surface area contributed by atoms with Crippen molar-refractivity contribution in [1.29, 1.82) is 0 Å². The molecule has 2 N–H and O–H groups in total. The summed E-state index contributed by atoms with van der Waals surface area (Å²) in [7, 11) is 1.60. The zero-order chi connectivity index (χ0) is 13.5. The third kappa shape index (κ3) is 4.11. The normalized spacial score (nSPS) is 11.3. The number of rotatable bonds is 5. The number of carbonyl (C=O) groups excluding carboxylic acids is 1. The number of terminal acetylenes is 1. The molecule has 1 aromatic heterocycles. The molecule has 0 aliphatic heterocycles. The largest absolute Gasteiger partial charge is 0.480 e. The van der Waals surface area contributed by atoms with Crippen molar-refractivity contribution in [3.05, 3.63) is 22.4 Å². The summed E-state index contributed by atoms with van der Waals surface area (Å²) in [5.41, 5.74) is 0. The van der Waals surface area contributed by atoms with Crippen LogP contribution in [0, 0.1) is 12.3 Å². The Hall–Kier alpha value is -2.00. The monoisotopic (exact) mass is 266 g/mol. The highest BCUT2D eigenvalue weighted by Crippen LogP contribution is 2.10. The second kappa shape index (κ2) is 6.67. The maximum absolute atomic E-state index is 11.7. The smallest absolute Gasteiger partial charge is 0.327 e. The summed E-state index contributed by atoms with van der Waals surface area (Å²) >= 11 is 1.53. The van der Waals surface area contributed by atoms with Gasteiger partial charge < -0.3 is 15.3 Å². The first-order valence-electron chi connectivity index (χ1n) is 5.25. The van der Waals surface area contributed by atoms with Gasteiger partial charge in [0.15, 0.2) is 0 Å². The average molecular weight is 266 g/mol. The van der Waals surface area contributed by atoms with E-state index in [4.69, 9.17) is 11.5 Å². The molecule has 1 atom stereocenters. The van der Waals surface area contributed by atoms with Crippen LogP contribution in [0.3, 0.4) is 0 Å². The summed E-state index contributed by atoms with van der Waals surface area (Å²) in [6.07, 6.45) is 5.02. The van der Waals surface area contributed by atoms with E-state index in [9.17, 15) is 9.59 Å². The summed E-state index contributed by atoms with van der Waals surface area (Å²) in [6.45, 7) is 0.436. The highest BCUT2D eigenvalue weighted by atomic mass is 32.1. The van der Waals surface area contributed by atoms with Gasteiger partial charge in [0.05, 0.1) is 6.54 Å². The first-order valence-corrected chi connectivity index (χ1v) is 6.13. The van der Waals surface area contributed by atoms with Gasteiger partial charge >= 0.3 is 12.0 Å². The lowest BCUT2D eigenvalue weighted by atomic mass is 10.2. The van der Waals surface area contributed by atoms with Gasteiger partial charge in [0.1, 0.15) is 6.04 Å². The molecular weight excluding hydrogens is 252 g/mol. The molecule has 0 radical (unpaired) electrons. The van der Waals surface area contributed by atoms with Crippen molar-refractivity contribution in [2.75, 3.05) is 7.05 Å². The van der Waals surface area contributed by atoms with E-state index in [-0.39, 0.29) is 6.42 Å². The number of carboxylic acid groups (broad SMARTS) is 1. The molecule has 0 spiro atoms. The van der Waals surface area contributed by atoms with E-state index in [2.05, 4.69) is 11.2 Å². The van der Waals surface area contributed by atoms with Crippen molar-refractivity contribution in [1.82, 2.24) is 10.2 Å². The van der Waals surface area contributed by atoms with Crippen molar-refractivity contribution >= 4 is 23.3 Å². The SMILES string of the molecule is C#CCC(NC(=O)N(C)Cc1cccs1)C(=O)O.